The molecule has 0 saturated carbocycles. The lowest BCUT2D eigenvalue weighted by molar-refractivity contribution is -0.136. The number of aromatic nitrogens is 2. The molecule has 1 amide bonds. The number of rotatable bonds is 4. The summed E-state index contributed by atoms with van der Waals surface area (Å²) in [6.07, 6.45) is -3.31. The predicted molar refractivity (Wildman–Crippen MR) is 116 cm³/mol. The zero-order valence-electron chi connectivity index (χ0n) is 17.1. The van der Waals surface area contributed by atoms with Gasteiger partial charge >= 0.3 is 6.18 Å². The zero-order valence-corrected chi connectivity index (χ0v) is 17.9. The molecule has 1 saturated heterocycles. The molecule has 0 aliphatic carbocycles. The highest BCUT2D eigenvalue weighted by Gasteiger charge is 2.35. The molecule has 1 aromatic heterocycles. The van der Waals surface area contributed by atoms with Crippen LogP contribution in [0.1, 0.15) is 21.6 Å². The minimum Gasteiger partial charge on any atom is -0.378 e. The number of halogens is 4. The minimum atomic E-state index is -4.63. The standard InChI is InChI=1S/C22H20ClF3N4O2/c1-14-18(13-27-30(14)17-4-2-3-15(23)11-17)21(31)28-20-6-5-16(12-19(20)22(24,25)26)29-7-9-32-10-8-29/h2-6,11-13H,7-10H2,1H3,(H,28,31). The van der Waals surface area contributed by atoms with Crippen LogP contribution in [0.2, 0.25) is 5.02 Å². The monoisotopic (exact) mass is 464 g/mol. The molecule has 0 spiro atoms. The molecule has 0 bridgehead atoms. The van der Waals surface area contributed by atoms with Gasteiger partial charge < -0.3 is 15.0 Å². The molecule has 1 fully saturated rings. The first kappa shape index (κ1) is 22.2. The maximum absolute atomic E-state index is 13.8. The van der Waals surface area contributed by atoms with E-state index < -0.39 is 17.6 Å². The van der Waals surface area contributed by atoms with E-state index in [0.29, 0.717) is 48.4 Å². The molecule has 0 radical (unpaired) electrons. The average molecular weight is 465 g/mol. The number of alkyl halides is 3. The van der Waals surface area contributed by atoms with Crippen LogP contribution in [0, 0.1) is 6.92 Å². The van der Waals surface area contributed by atoms with Crippen molar-refractivity contribution in [2.75, 3.05) is 36.5 Å². The molecule has 2 heterocycles. The van der Waals surface area contributed by atoms with Crippen LogP contribution in [-0.2, 0) is 10.9 Å². The van der Waals surface area contributed by atoms with E-state index in [9.17, 15) is 18.0 Å². The summed E-state index contributed by atoms with van der Waals surface area (Å²) in [5, 5.41) is 7.09. The third-order valence-electron chi connectivity index (χ3n) is 5.24. The second-order valence-corrected chi connectivity index (χ2v) is 7.75. The van der Waals surface area contributed by atoms with Gasteiger partial charge in [0.2, 0.25) is 0 Å². The second-order valence-electron chi connectivity index (χ2n) is 7.32. The SMILES string of the molecule is Cc1c(C(=O)Nc2ccc(N3CCOCC3)cc2C(F)(F)F)cnn1-c1cccc(Cl)c1. The van der Waals surface area contributed by atoms with Crippen molar-refractivity contribution in [3.8, 4) is 5.69 Å². The third kappa shape index (κ3) is 4.58. The molecular formula is C22H20ClF3N4O2. The van der Waals surface area contributed by atoms with E-state index in [2.05, 4.69) is 10.4 Å². The zero-order chi connectivity index (χ0) is 22.9. The van der Waals surface area contributed by atoms with E-state index in [1.54, 1.807) is 37.3 Å². The number of hydrogen-bond acceptors (Lipinski definition) is 4. The summed E-state index contributed by atoms with van der Waals surface area (Å²) in [5.41, 5.74) is 0.492. The van der Waals surface area contributed by atoms with Crippen LogP contribution in [0.15, 0.2) is 48.7 Å². The fraction of sp³-hybridized carbons (Fsp3) is 0.273. The predicted octanol–water partition coefficient (Wildman–Crippen LogP) is 4.94. The number of hydrogen-bond donors (Lipinski definition) is 1. The Kier molecular flexibility index (Phi) is 6.12. The minimum absolute atomic E-state index is 0.162. The average Bonchev–Trinajstić information content (AvgIpc) is 3.15. The van der Waals surface area contributed by atoms with Crippen molar-refractivity contribution >= 4 is 28.9 Å². The van der Waals surface area contributed by atoms with Crippen molar-refractivity contribution in [3.05, 3.63) is 70.5 Å². The van der Waals surface area contributed by atoms with Gasteiger partial charge in [0.25, 0.3) is 5.91 Å². The molecule has 1 N–H and O–H groups in total. The van der Waals surface area contributed by atoms with Crippen LogP contribution < -0.4 is 10.2 Å². The molecule has 168 valence electrons. The fourth-order valence-corrected chi connectivity index (χ4v) is 3.77. The molecule has 10 heteroatoms. The van der Waals surface area contributed by atoms with Crippen molar-refractivity contribution in [3.63, 3.8) is 0 Å². The summed E-state index contributed by atoms with van der Waals surface area (Å²) >= 11 is 6.02. The van der Waals surface area contributed by atoms with Gasteiger partial charge in [-0.1, -0.05) is 17.7 Å². The second kappa shape index (κ2) is 8.84. The van der Waals surface area contributed by atoms with Crippen LogP contribution in [0.4, 0.5) is 24.5 Å². The van der Waals surface area contributed by atoms with E-state index in [1.807, 2.05) is 4.90 Å². The molecule has 32 heavy (non-hydrogen) atoms. The van der Waals surface area contributed by atoms with Crippen molar-refractivity contribution in [1.29, 1.82) is 0 Å². The highest BCUT2D eigenvalue weighted by Crippen LogP contribution is 2.38. The van der Waals surface area contributed by atoms with Gasteiger partial charge in [0.05, 0.1) is 47.6 Å². The Bertz CT molecular complexity index is 1140. The molecule has 1 aliphatic rings. The maximum Gasteiger partial charge on any atom is 0.418 e. The Morgan fingerprint density at radius 1 is 1.12 bits per heavy atom. The summed E-state index contributed by atoms with van der Waals surface area (Å²) in [5.74, 6) is -0.680. The smallest absolute Gasteiger partial charge is 0.378 e. The number of ether oxygens (including phenoxy) is 1. The van der Waals surface area contributed by atoms with E-state index in [1.165, 1.54) is 16.9 Å². The first-order chi connectivity index (χ1) is 15.2. The first-order valence-electron chi connectivity index (χ1n) is 9.90. The highest BCUT2D eigenvalue weighted by molar-refractivity contribution is 6.30. The van der Waals surface area contributed by atoms with Gasteiger partial charge in [-0.3, -0.25) is 4.79 Å². The summed E-state index contributed by atoms with van der Waals surface area (Å²) < 4.78 is 48.1. The number of morpholine rings is 1. The Labute approximate surface area is 187 Å². The van der Waals surface area contributed by atoms with Gasteiger partial charge in [-0.15, -0.1) is 0 Å². The third-order valence-corrected chi connectivity index (χ3v) is 5.48. The molecular weight excluding hydrogens is 445 g/mol. The van der Waals surface area contributed by atoms with Crippen LogP contribution >= 0.6 is 11.6 Å². The normalized spacial score (nSPS) is 14.5. The van der Waals surface area contributed by atoms with E-state index in [0.717, 1.165) is 6.07 Å². The largest absolute Gasteiger partial charge is 0.418 e. The molecule has 0 unspecified atom stereocenters. The van der Waals surface area contributed by atoms with Crippen molar-refractivity contribution in [1.82, 2.24) is 9.78 Å². The summed E-state index contributed by atoms with van der Waals surface area (Å²) in [6.45, 7) is 3.58. The number of nitrogens with zero attached hydrogens (tertiary/aromatic N) is 3. The molecule has 3 aromatic rings. The van der Waals surface area contributed by atoms with Gasteiger partial charge in [-0.2, -0.15) is 18.3 Å². The Balaban J connectivity index is 1.62. The molecule has 6 nitrogen and oxygen atoms in total. The first-order valence-corrected chi connectivity index (χ1v) is 10.3. The fourth-order valence-electron chi connectivity index (χ4n) is 3.58. The number of anilines is 2. The number of amides is 1. The van der Waals surface area contributed by atoms with Gasteiger partial charge in [0.1, 0.15) is 0 Å². The topological polar surface area (TPSA) is 59.4 Å². The van der Waals surface area contributed by atoms with Gasteiger partial charge in [0, 0.05) is 23.8 Å². The quantitative estimate of drug-likeness (QED) is 0.594. The Morgan fingerprint density at radius 3 is 2.56 bits per heavy atom. The van der Waals surface area contributed by atoms with Crippen LogP contribution in [0.5, 0.6) is 0 Å². The summed E-state index contributed by atoms with van der Waals surface area (Å²) in [6, 6.07) is 10.8. The van der Waals surface area contributed by atoms with E-state index in [4.69, 9.17) is 16.3 Å². The molecule has 1 aliphatic heterocycles. The van der Waals surface area contributed by atoms with Crippen LogP contribution in [0.25, 0.3) is 5.69 Å². The number of nitrogens with one attached hydrogen (secondary N) is 1. The molecule has 0 atom stereocenters. The van der Waals surface area contributed by atoms with E-state index >= 15 is 0 Å². The highest BCUT2D eigenvalue weighted by atomic mass is 35.5. The van der Waals surface area contributed by atoms with Crippen LogP contribution in [-0.4, -0.2) is 42.0 Å². The number of benzene rings is 2. The van der Waals surface area contributed by atoms with E-state index in [-0.39, 0.29) is 11.3 Å². The van der Waals surface area contributed by atoms with Crippen LogP contribution in [0.3, 0.4) is 0 Å². The molecule has 2 aromatic carbocycles. The lowest BCUT2D eigenvalue weighted by Crippen LogP contribution is -2.36. The summed E-state index contributed by atoms with van der Waals surface area (Å²) in [7, 11) is 0. The Hall–Kier alpha value is -3.04. The van der Waals surface area contributed by atoms with Gasteiger partial charge in [0.15, 0.2) is 0 Å². The van der Waals surface area contributed by atoms with Gasteiger partial charge in [-0.05, 0) is 43.3 Å². The van der Waals surface area contributed by atoms with Gasteiger partial charge in [-0.25, -0.2) is 4.68 Å². The Morgan fingerprint density at radius 2 is 1.88 bits per heavy atom. The lowest BCUT2D eigenvalue weighted by atomic mass is 10.1. The lowest BCUT2D eigenvalue weighted by Gasteiger charge is -2.29. The maximum atomic E-state index is 13.8. The number of carbonyl (C=O) groups excluding carboxylic acids is 1. The van der Waals surface area contributed by atoms with Crippen molar-refractivity contribution in [2.45, 2.75) is 13.1 Å². The summed E-state index contributed by atoms with van der Waals surface area (Å²) in [4.78, 5) is 14.7. The molecule has 4 rings (SSSR count). The van der Waals surface area contributed by atoms with Crippen molar-refractivity contribution in [2.24, 2.45) is 0 Å². The van der Waals surface area contributed by atoms with Crippen molar-refractivity contribution < 1.29 is 22.7 Å². The number of carbonyl (C=O) groups is 1.